The van der Waals surface area contributed by atoms with Gasteiger partial charge in [-0.05, 0) is 31.7 Å². The molecule has 4 heteroatoms. The molecule has 0 bridgehead atoms. The van der Waals surface area contributed by atoms with Gasteiger partial charge in [0.1, 0.15) is 5.00 Å². The maximum absolute atomic E-state index is 11.4. The van der Waals surface area contributed by atoms with E-state index in [-0.39, 0.29) is 5.97 Å². The number of carbonyl (C=O) groups excluding carboxylic acids is 1. The lowest BCUT2D eigenvalue weighted by atomic mass is 10.2. The maximum atomic E-state index is 11.4. The number of nitrogen functional groups attached to an aromatic ring is 1. The van der Waals surface area contributed by atoms with E-state index in [0.717, 1.165) is 30.6 Å². The molecule has 0 saturated carbocycles. The Morgan fingerprint density at radius 1 is 1.53 bits per heavy atom. The second-order valence-corrected chi connectivity index (χ2v) is 4.92. The predicted molar refractivity (Wildman–Crippen MR) is 72.4 cm³/mol. The van der Waals surface area contributed by atoms with Gasteiger partial charge < -0.3 is 10.5 Å². The molecule has 0 amide bonds. The summed E-state index contributed by atoms with van der Waals surface area (Å²) < 4.78 is 4.66. The second-order valence-electron chi connectivity index (χ2n) is 3.75. The molecule has 0 saturated heterocycles. The van der Waals surface area contributed by atoms with Gasteiger partial charge in [-0.15, -0.1) is 11.3 Å². The molecule has 0 fully saturated rings. The first-order valence-corrected chi connectivity index (χ1v) is 6.62. The molecule has 1 aromatic heterocycles. The van der Waals surface area contributed by atoms with Crippen LogP contribution in [0.3, 0.4) is 0 Å². The molecule has 1 rings (SSSR count). The lowest BCUT2D eigenvalue weighted by Crippen LogP contribution is -2.01. The number of rotatable bonds is 6. The summed E-state index contributed by atoms with van der Waals surface area (Å²) in [5.74, 6) is -0.351. The summed E-state index contributed by atoms with van der Waals surface area (Å²) in [6.07, 6.45) is 8.55. The zero-order valence-corrected chi connectivity index (χ0v) is 11.2. The van der Waals surface area contributed by atoms with Gasteiger partial charge in [-0.3, -0.25) is 0 Å². The molecule has 0 spiro atoms. The van der Waals surface area contributed by atoms with Gasteiger partial charge in [0.15, 0.2) is 0 Å². The first kappa shape index (κ1) is 13.8. The molecule has 0 aromatic carbocycles. The number of anilines is 1. The summed E-state index contributed by atoms with van der Waals surface area (Å²) in [7, 11) is 1.37. The minimum absolute atomic E-state index is 0.351. The van der Waals surface area contributed by atoms with Gasteiger partial charge in [-0.2, -0.15) is 0 Å². The number of nitrogens with two attached hydrogens (primary N) is 1. The highest BCUT2D eigenvalue weighted by molar-refractivity contribution is 7.16. The molecule has 0 atom stereocenters. The lowest BCUT2D eigenvalue weighted by Gasteiger charge is -1.95. The van der Waals surface area contributed by atoms with E-state index in [0.29, 0.717) is 10.6 Å². The van der Waals surface area contributed by atoms with Gasteiger partial charge in [0.2, 0.25) is 0 Å². The van der Waals surface area contributed by atoms with Crippen LogP contribution >= 0.6 is 11.3 Å². The molecule has 0 aliphatic carbocycles. The van der Waals surface area contributed by atoms with Crippen molar-refractivity contribution in [3.8, 4) is 0 Å². The Labute approximate surface area is 106 Å². The number of thiophene rings is 1. The Morgan fingerprint density at radius 3 is 2.94 bits per heavy atom. The molecule has 0 aliphatic rings. The Hall–Kier alpha value is -1.29. The van der Waals surface area contributed by atoms with Crippen LogP contribution in [-0.4, -0.2) is 13.1 Å². The van der Waals surface area contributed by atoms with Crippen molar-refractivity contribution in [3.63, 3.8) is 0 Å². The number of methoxy groups -OCH3 is 1. The first-order chi connectivity index (χ1) is 8.19. The predicted octanol–water partition coefficient (Wildman–Crippen LogP) is 3.41. The normalized spacial score (nSPS) is 10.9. The van der Waals surface area contributed by atoms with Crippen LogP contribution in [0.1, 0.15) is 41.4 Å². The van der Waals surface area contributed by atoms with E-state index in [1.165, 1.54) is 18.4 Å². The molecule has 2 N–H and O–H groups in total. The zero-order chi connectivity index (χ0) is 12.7. The molecular weight excluding hydrogens is 234 g/mol. The fourth-order valence-corrected chi connectivity index (χ4v) is 2.49. The summed E-state index contributed by atoms with van der Waals surface area (Å²) in [6.45, 7) is 2.12. The monoisotopic (exact) mass is 253 g/mol. The van der Waals surface area contributed by atoms with E-state index < -0.39 is 0 Å². The minimum atomic E-state index is -0.351. The van der Waals surface area contributed by atoms with Crippen molar-refractivity contribution < 1.29 is 9.53 Å². The highest BCUT2D eigenvalue weighted by Gasteiger charge is 2.13. The third-order valence-electron chi connectivity index (χ3n) is 2.41. The summed E-state index contributed by atoms with van der Waals surface area (Å²) >= 11 is 1.47. The van der Waals surface area contributed by atoms with Crippen LogP contribution in [0.4, 0.5) is 5.00 Å². The molecule has 3 nitrogen and oxygen atoms in total. The van der Waals surface area contributed by atoms with Crippen LogP contribution in [0.5, 0.6) is 0 Å². The van der Waals surface area contributed by atoms with Crippen molar-refractivity contribution >= 4 is 22.3 Å². The maximum Gasteiger partial charge on any atom is 0.340 e. The lowest BCUT2D eigenvalue weighted by molar-refractivity contribution is 0.0602. The Morgan fingerprint density at radius 2 is 2.29 bits per heavy atom. The van der Waals surface area contributed by atoms with Crippen molar-refractivity contribution in [3.05, 3.63) is 28.7 Å². The number of aryl methyl sites for hydroxylation is 1. The Bertz CT molecular complexity index is 396. The van der Waals surface area contributed by atoms with Crippen LogP contribution < -0.4 is 5.73 Å². The largest absolute Gasteiger partial charge is 0.465 e. The van der Waals surface area contributed by atoms with Gasteiger partial charge in [-0.25, -0.2) is 4.79 Å². The summed E-state index contributed by atoms with van der Waals surface area (Å²) in [6, 6.07) is 1.84. The molecule has 0 radical (unpaired) electrons. The molecule has 17 heavy (non-hydrogen) atoms. The number of carbonyl (C=O) groups is 1. The molecule has 0 unspecified atom stereocenters. The molecule has 0 aliphatic heterocycles. The average Bonchev–Trinajstić information content (AvgIpc) is 2.69. The van der Waals surface area contributed by atoms with Gasteiger partial charge in [0, 0.05) is 4.88 Å². The summed E-state index contributed by atoms with van der Waals surface area (Å²) in [4.78, 5) is 12.5. The van der Waals surface area contributed by atoms with E-state index in [2.05, 4.69) is 23.8 Å². The standard InChI is InChI=1S/C13H19NO2S/c1-3-4-5-6-7-8-10-9-11(12(14)17-10)13(15)16-2/h4-5,9H,3,6-8,14H2,1-2H3/b5-4-. The van der Waals surface area contributed by atoms with E-state index in [9.17, 15) is 4.79 Å². The van der Waals surface area contributed by atoms with Crippen LogP contribution in [0.25, 0.3) is 0 Å². The van der Waals surface area contributed by atoms with Crippen molar-refractivity contribution in [2.24, 2.45) is 0 Å². The zero-order valence-electron chi connectivity index (χ0n) is 10.4. The van der Waals surface area contributed by atoms with Crippen LogP contribution in [0, 0.1) is 0 Å². The number of hydrogen-bond acceptors (Lipinski definition) is 4. The van der Waals surface area contributed by atoms with Gasteiger partial charge in [0.25, 0.3) is 0 Å². The van der Waals surface area contributed by atoms with Gasteiger partial charge in [-0.1, -0.05) is 19.1 Å². The van der Waals surface area contributed by atoms with Crippen molar-refractivity contribution in [1.29, 1.82) is 0 Å². The van der Waals surface area contributed by atoms with Crippen LogP contribution in [0.2, 0.25) is 0 Å². The SMILES string of the molecule is CC/C=C\CCCc1cc(C(=O)OC)c(N)s1. The third kappa shape index (κ3) is 4.23. The Kier molecular flexibility index (Phi) is 5.77. The third-order valence-corrected chi connectivity index (χ3v) is 3.44. The number of unbranched alkanes of at least 4 members (excludes halogenated alkanes) is 1. The smallest absolute Gasteiger partial charge is 0.340 e. The fraction of sp³-hybridized carbons (Fsp3) is 0.462. The molecular formula is C13H19NO2S. The van der Waals surface area contributed by atoms with E-state index in [1.807, 2.05) is 6.07 Å². The van der Waals surface area contributed by atoms with Crippen molar-refractivity contribution in [1.82, 2.24) is 0 Å². The first-order valence-electron chi connectivity index (χ1n) is 5.80. The van der Waals surface area contributed by atoms with E-state index in [1.54, 1.807) is 0 Å². The summed E-state index contributed by atoms with van der Waals surface area (Å²) in [5.41, 5.74) is 6.27. The van der Waals surface area contributed by atoms with Crippen LogP contribution in [0.15, 0.2) is 18.2 Å². The molecule has 94 valence electrons. The van der Waals surface area contributed by atoms with Crippen molar-refractivity contribution in [2.45, 2.75) is 32.6 Å². The van der Waals surface area contributed by atoms with Crippen LogP contribution in [-0.2, 0) is 11.2 Å². The number of hydrogen-bond donors (Lipinski definition) is 1. The number of allylic oxidation sites excluding steroid dienone is 2. The Balaban J connectivity index is 2.50. The van der Waals surface area contributed by atoms with E-state index >= 15 is 0 Å². The average molecular weight is 253 g/mol. The van der Waals surface area contributed by atoms with Gasteiger partial charge in [0.05, 0.1) is 12.7 Å². The van der Waals surface area contributed by atoms with Gasteiger partial charge >= 0.3 is 5.97 Å². The topological polar surface area (TPSA) is 52.3 Å². The fourth-order valence-electron chi connectivity index (χ4n) is 1.53. The minimum Gasteiger partial charge on any atom is -0.465 e. The number of esters is 1. The number of ether oxygens (including phenoxy) is 1. The quantitative estimate of drug-likeness (QED) is 0.480. The van der Waals surface area contributed by atoms with Crippen molar-refractivity contribution in [2.75, 3.05) is 12.8 Å². The highest BCUT2D eigenvalue weighted by atomic mass is 32.1. The molecule has 1 heterocycles. The summed E-state index contributed by atoms with van der Waals surface area (Å²) in [5, 5.41) is 0.552. The van der Waals surface area contributed by atoms with E-state index in [4.69, 9.17) is 5.73 Å². The highest BCUT2D eigenvalue weighted by Crippen LogP contribution is 2.26. The second kappa shape index (κ2) is 7.12. The molecule has 1 aromatic rings.